The van der Waals surface area contributed by atoms with E-state index in [4.69, 9.17) is 5.73 Å². The number of piperazine rings is 1. The molecule has 1 aromatic carbocycles. The molecule has 0 spiro atoms. The van der Waals surface area contributed by atoms with Crippen LogP contribution in [0.1, 0.15) is 24.9 Å². The van der Waals surface area contributed by atoms with Crippen molar-refractivity contribution in [1.29, 1.82) is 0 Å². The molecule has 0 aliphatic carbocycles. The van der Waals surface area contributed by atoms with E-state index in [-0.39, 0.29) is 23.8 Å². The van der Waals surface area contributed by atoms with Gasteiger partial charge in [0, 0.05) is 32.1 Å². The lowest BCUT2D eigenvalue weighted by molar-refractivity contribution is -0.134. The molecule has 2 atom stereocenters. The third-order valence-corrected chi connectivity index (χ3v) is 3.29. The number of hydrogen-bond acceptors (Lipinski definition) is 3. The van der Waals surface area contributed by atoms with E-state index in [0.717, 1.165) is 12.1 Å². The van der Waals surface area contributed by atoms with Crippen LogP contribution in [0.15, 0.2) is 24.3 Å². The predicted octanol–water partition coefficient (Wildman–Crippen LogP) is 1.04. The van der Waals surface area contributed by atoms with Crippen LogP contribution in [0.25, 0.3) is 0 Å². The standard InChI is InChI=1S/C14H20FN3O/c1-10(16)7-14(19)18-6-5-17-9-13(18)11-3-2-4-12(15)8-11/h2-4,8,10,13,17H,5-7,9,16H2,1H3. The molecule has 0 aromatic heterocycles. The number of carbonyl (C=O) groups is 1. The van der Waals surface area contributed by atoms with Crippen LogP contribution in [-0.2, 0) is 4.79 Å². The van der Waals surface area contributed by atoms with E-state index in [0.29, 0.717) is 19.5 Å². The second kappa shape index (κ2) is 6.12. The maximum atomic E-state index is 13.3. The predicted molar refractivity (Wildman–Crippen MR) is 72.0 cm³/mol. The maximum absolute atomic E-state index is 13.3. The van der Waals surface area contributed by atoms with Crippen LogP contribution >= 0.6 is 0 Å². The van der Waals surface area contributed by atoms with Crippen molar-refractivity contribution >= 4 is 5.91 Å². The molecule has 1 aliphatic rings. The van der Waals surface area contributed by atoms with Crippen molar-refractivity contribution < 1.29 is 9.18 Å². The van der Waals surface area contributed by atoms with E-state index in [1.807, 2.05) is 13.0 Å². The minimum Gasteiger partial charge on any atom is -0.333 e. The van der Waals surface area contributed by atoms with Gasteiger partial charge in [-0.15, -0.1) is 0 Å². The SMILES string of the molecule is CC(N)CC(=O)N1CCNCC1c1cccc(F)c1. The zero-order chi connectivity index (χ0) is 13.8. The number of nitrogens with zero attached hydrogens (tertiary/aromatic N) is 1. The Morgan fingerprint density at radius 1 is 1.63 bits per heavy atom. The molecule has 0 radical (unpaired) electrons. The van der Waals surface area contributed by atoms with Gasteiger partial charge in [-0.1, -0.05) is 12.1 Å². The van der Waals surface area contributed by atoms with Crippen LogP contribution < -0.4 is 11.1 Å². The van der Waals surface area contributed by atoms with E-state index in [2.05, 4.69) is 5.32 Å². The van der Waals surface area contributed by atoms with E-state index >= 15 is 0 Å². The van der Waals surface area contributed by atoms with Gasteiger partial charge in [0.2, 0.25) is 5.91 Å². The first-order chi connectivity index (χ1) is 9.08. The minimum absolute atomic E-state index is 0.0331. The lowest BCUT2D eigenvalue weighted by Gasteiger charge is -2.37. The van der Waals surface area contributed by atoms with Crippen LogP contribution in [-0.4, -0.2) is 36.5 Å². The quantitative estimate of drug-likeness (QED) is 0.858. The molecule has 1 fully saturated rings. The molecule has 4 nitrogen and oxygen atoms in total. The van der Waals surface area contributed by atoms with Gasteiger partial charge in [-0.25, -0.2) is 4.39 Å². The molecule has 1 heterocycles. The fraction of sp³-hybridized carbons (Fsp3) is 0.500. The summed E-state index contributed by atoms with van der Waals surface area (Å²) in [5, 5.41) is 3.24. The lowest BCUT2D eigenvalue weighted by atomic mass is 10.0. The van der Waals surface area contributed by atoms with Crippen molar-refractivity contribution in [2.45, 2.75) is 25.4 Å². The molecule has 1 amide bonds. The highest BCUT2D eigenvalue weighted by molar-refractivity contribution is 5.77. The highest BCUT2D eigenvalue weighted by Crippen LogP contribution is 2.23. The summed E-state index contributed by atoms with van der Waals surface area (Å²) in [5.41, 5.74) is 6.51. The van der Waals surface area contributed by atoms with Gasteiger partial charge in [0.1, 0.15) is 5.82 Å². The number of benzene rings is 1. The molecule has 2 unspecified atom stereocenters. The second-order valence-corrected chi connectivity index (χ2v) is 5.04. The van der Waals surface area contributed by atoms with Gasteiger partial charge in [0.25, 0.3) is 0 Å². The summed E-state index contributed by atoms with van der Waals surface area (Å²) >= 11 is 0. The number of rotatable bonds is 3. The Morgan fingerprint density at radius 3 is 3.11 bits per heavy atom. The summed E-state index contributed by atoms with van der Waals surface area (Å²) in [7, 11) is 0. The van der Waals surface area contributed by atoms with Gasteiger partial charge in [0.05, 0.1) is 6.04 Å². The highest BCUT2D eigenvalue weighted by atomic mass is 19.1. The van der Waals surface area contributed by atoms with Gasteiger partial charge in [0.15, 0.2) is 0 Å². The summed E-state index contributed by atoms with van der Waals surface area (Å²) in [6, 6.07) is 6.16. The van der Waals surface area contributed by atoms with Crippen LogP contribution in [0.2, 0.25) is 0 Å². The fourth-order valence-electron chi connectivity index (χ4n) is 2.41. The van der Waals surface area contributed by atoms with Crippen molar-refractivity contribution in [3.05, 3.63) is 35.6 Å². The van der Waals surface area contributed by atoms with Crippen LogP contribution in [0, 0.1) is 5.82 Å². The lowest BCUT2D eigenvalue weighted by Crippen LogP contribution is -2.49. The van der Waals surface area contributed by atoms with Gasteiger partial charge in [-0.3, -0.25) is 4.79 Å². The summed E-state index contributed by atoms with van der Waals surface area (Å²) in [6.45, 7) is 3.86. The molecule has 5 heteroatoms. The number of nitrogens with two attached hydrogens (primary N) is 1. The number of nitrogens with one attached hydrogen (secondary N) is 1. The summed E-state index contributed by atoms with van der Waals surface area (Å²) in [6.07, 6.45) is 0.325. The smallest absolute Gasteiger partial charge is 0.224 e. The third-order valence-electron chi connectivity index (χ3n) is 3.29. The number of hydrogen-bond donors (Lipinski definition) is 2. The highest BCUT2D eigenvalue weighted by Gasteiger charge is 2.28. The molecular formula is C14H20FN3O. The Hall–Kier alpha value is -1.46. The van der Waals surface area contributed by atoms with Crippen molar-refractivity contribution in [3.63, 3.8) is 0 Å². The van der Waals surface area contributed by atoms with Crippen LogP contribution in [0.3, 0.4) is 0 Å². The van der Waals surface area contributed by atoms with E-state index in [1.54, 1.807) is 11.0 Å². The van der Waals surface area contributed by atoms with E-state index in [1.165, 1.54) is 12.1 Å². The molecular weight excluding hydrogens is 245 g/mol. The normalized spacial score (nSPS) is 21.2. The van der Waals surface area contributed by atoms with Crippen LogP contribution in [0.5, 0.6) is 0 Å². The molecule has 2 rings (SSSR count). The van der Waals surface area contributed by atoms with E-state index < -0.39 is 0 Å². The van der Waals surface area contributed by atoms with E-state index in [9.17, 15) is 9.18 Å². The zero-order valence-electron chi connectivity index (χ0n) is 11.1. The van der Waals surface area contributed by atoms with Crippen LogP contribution in [0.4, 0.5) is 4.39 Å². The minimum atomic E-state index is -0.275. The third kappa shape index (κ3) is 3.52. The number of carbonyl (C=O) groups excluding carboxylic acids is 1. The van der Waals surface area contributed by atoms with Crippen molar-refractivity contribution in [3.8, 4) is 0 Å². The Balaban J connectivity index is 2.18. The number of amides is 1. The van der Waals surface area contributed by atoms with Crippen molar-refractivity contribution in [1.82, 2.24) is 10.2 Å². The first-order valence-electron chi connectivity index (χ1n) is 6.59. The molecule has 0 saturated carbocycles. The maximum Gasteiger partial charge on any atom is 0.224 e. The molecule has 104 valence electrons. The molecule has 1 saturated heterocycles. The van der Waals surface area contributed by atoms with Crippen molar-refractivity contribution in [2.75, 3.05) is 19.6 Å². The zero-order valence-corrected chi connectivity index (χ0v) is 11.1. The molecule has 1 aromatic rings. The number of halogens is 1. The molecule has 0 bridgehead atoms. The van der Waals surface area contributed by atoms with Gasteiger partial charge >= 0.3 is 0 Å². The fourth-order valence-corrected chi connectivity index (χ4v) is 2.41. The Morgan fingerprint density at radius 2 is 2.42 bits per heavy atom. The Kier molecular flexibility index (Phi) is 4.50. The van der Waals surface area contributed by atoms with Gasteiger partial charge in [-0.05, 0) is 24.6 Å². The van der Waals surface area contributed by atoms with Crippen molar-refractivity contribution in [2.24, 2.45) is 5.73 Å². The molecule has 1 aliphatic heterocycles. The summed E-state index contributed by atoms with van der Waals surface area (Å²) in [4.78, 5) is 14.0. The topological polar surface area (TPSA) is 58.4 Å². The molecule has 19 heavy (non-hydrogen) atoms. The van der Waals surface area contributed by atoms with Gasteiger partial charge < -0.3 is 16.0 Å². The Bertz CT molecular complexity index is 450. The first kappa shape index (κ1) is 14.0. The van der Waals surface area contributed by atoms with Gasteiger partial charge in [-0.2, -0.15) is 0 Å². The second-order valence-electron chi connectivity index (χ2n) is 5.04. The summed E-state index contributed by atoms with van der Waals surface area (Å²) in [5.74, 6) is -0.242. The monoisotopic (exact) mass is 265 g/mol. The molecule has 3 N–H and O–H groups in total. The largest absolute Gasteiger partial charge is 0.333 e. The first-order valence-corrected chi connectivity index (χ1v) is 6.59. The average molecular weight is 265 g/mol. The summed E-state index contributed by atoms with van der Waals surface area (Å²) < 4.78 is 13.3. The Labute approximate surface area is 112 Å². The average Bonchev–Trinajstić information content (AvgIpc) is 2.38.